The van der Waals surface area contributed by atoms with Gasteiger partial charge in [-0.05, 0) is 6.07 Å². The van der Waals surface area contributed by atoms with Crippen molar-refractivity contribution in [2.24, 2.45) is 0 Å². The highest BCUT2D eigenvalue weighted by molar-refractivity contribution is 5.94. The van der Waals surface area contributed by atoms with Gasteiger partial charge in [0.1, 0.15) is 11.5 Å². The van der Waals surface area contributed by atoms with Gasteiger partial charge in [-0.1, -0.05) is 0 Å². The number of H-pyrrole nitrogens is 1. The lowest BCUT2D eigenvalue weighted by molar-refractivity contribution is 0.0728. The van der Waals surface area contributed by atoms with Gasteiger partial charge in [0.05, 0.1) is 12.1 Å². The zero-order valence-electron chi connectivity index (χ0n) is 9.14. The number of aromatic amines is 1. The van der Waals surface area contributed by atoms with Crippen molar-refractivity contribution in [1.82, 2.24) is 14.9 Å². The van der Waals surface area contributed by atoms with Crippen LogP contribution in [0.3, 0.4) is 0 Å². The number of nitrogens with one attached hydrogen (secondary N) is 1. The first-order valence-corrected chi connectivity index (χ1v) is 5.40. The number of oxazole rings is 1. The molecule has 6 nitrogen and oxygen atoms in total. The number of fused-ring (bicyclic) bond motifs is 1. The molecule has 0 aliphatic carbocycles. The number of carbonyl (C=O) groups is 1. The molecule has 17 heavy (non-hydrogen) atoms. The van der Waals surface area contributed by atoms with E-state index in [-0.39, 0.29) is 11.9 Å². The summed E-state index contributed by atoms with van der Waals surface area (Å²) in [5.41, 5.74) is 6.91. The molecule has 3 heterocycles. The van der Waals surface area contributed by atoms with E-state index in [0.29, 0.717) is 25.1 Å². The Kier molecular flexibility index (Phi) is 2.14. The molecule has 0 fully saturated rings. The molecule has 0 saturated carbocycles. The summed E-state index contributed by atoms with van der Waals surface area (Å²) in [6.07, 6.45) is 4.08. The fourth-order valence-electron chi connectivity index (χ4n) is 2.03. The van der Waals surface area contributed by atoms with E-state index in [1.54, 1.807) is 23.4 Å². The van der Waals surface area contributed by atoms with Crippen LogP contribution in [0.2, 0.25) is 0 Å². The number of nitrogen functional groups attached to an aromatic ring is 1. The summed E-state index contributed by atoms with van der Waals surface area (Å²) in [7, 11) is 0. The van der Waals surface area contributed by atoms with Gasteiger partial charge in [-0.3, -0.25) is 4.79 Å². The van der Waals surface area contributed by atoms with Crippen LogP contribution >= 0.6 is 0 Å². The summed E-state index contributed by atoms with van der Waals surface area (Å²) in [6.45, 7) is 1.09. The van der Waals surface area contributed by atoms with Crippen LogP contribution in [0, 0.1) is 0 Å². The third kappa shape index (κ3) is 1.67. The van der Waals surface area contributed by atoms with Crippen LogP contribution in [0.5, 0.6) is 0 Å². The molecule has 1 aliphatic rings. The van der Waals surface area contributed by atoms with E-state index >= 15 is 0 Å². The van der Waals surface area contributed by atoms with Crippen LogP contribution in [0.15, 0.2) is 22.9 Å². The summed E-state index contributed by atoms with van der Waals surface area (Å²) < 4.78 is 5.25. The summed E-state index contributed by atoms with van der Waals surface area (Å²) in [5, 5.41) is 0. The van der Waals surface area contributed by atoms with Crippen LogP contribution in [-0.4, -0.2) is 27.3 Å². The fourth-order valence-corrected chi connectivity index (χ4v) is 2.03. The molecule has 3 rings (SSSR count). The molecule has 88 valence electrons. The molecule has 0 aromatic carbocycles. The molecule has 6 heteroatoms. The van der Waals surface area contributed by atoms with Crippen molar-refractivity contribution in [2.75, 3.05) is 12.3 Å². The molecule has 0 radical (unpaired) electrons. The number of hydrogen-bond acceptors (Lipinski definition) is 4. The molecular formula is C11H12N4O2. The lowest BCUT2D eigenvalue weighted by Gasteiger charge is -2.24. The minimum absolute atomic E-state index is 0.00142. The van der Waals surface area contributed by atoms with Gasteiger partial charge >= 0.3 is 0 Å². The molecular weight excluding hydrogens is 220 g/mol. The zero-order valence-corrected chi connectivity index (χ0v) is 9.14. The maximum Gasteiger partial charge on any atom is 0.292 e. The van der Waals surface area contributed by atoms with Crippen LogP contribution in [0.1, 0.15) is 21.8 Å². The van der Waals surface area contributed by atoms with E-state index in [0.717, 1.165) is 11.5 Å². The monoisotopic (exact) mass is 232 g/mol. The number of amides is 1. The molecule has 3 N–H and O–H groups in total. The predicted molar refractivity (Wildman–Crippen MR) is 60.2 cm³/mol. The Hall–Kier alpha value is -2.24. The first-order chi connectivity index (χ1) is 8.24. The second kappa shape index (κ2) is 3.65. The molecule has 0 bridgehead atoms. The second-order valence-corrected chi connectivity index (χ2v) is 4.00. The summed E-state index contributed by atoms with van der Waals surface area (Å²) in [6, 6.07) is 1.93. The van der Waals surface area contributed by atoms with Gasteiger partial charge < -0.3 is 20.0 Å². The Bertz CT molecular complexity index is 544. The first kappa shape index (κ1) is 9.95. The van der Waals surface area contributed by atoms with Gasteiger partial charge in [-0.15, -0.1) is 0 Å². The largest absolute Gasteiger partial charge is 0.428 e. The normalized spacial score (nSPS) is 14.7. The van der Waals surface area contributed by atoms with Crippen molar-refractivity contribution in [2.45, 2.75) is 13.0 Å². The van der Waals surface area contributed by atoms with E-state index < -0.39 is 0 Å². The Morgan fingerprint density at radius 3 is 3.24 bits per heavy atom. The average Bonchev–Trinajstić information content (AvgIpc) is 2.94. The van der Waals surface area contributed by atoms with Crippen molar-refractivity contribution >= 4 is 11.9 Å². The van der Waals surface area contributed by atoms with Gasteiger partial charge in [-0.25, -0.2) is 0 Å². The van der Waals surface area contributed by atoms with Crippen LogP contribution in [-0.2, 0) is 13.0 Å². The number of nitrogens with two attached hydrogens (primary N) is 1. The van der Waals surface area contributed by atoms with Crippen molar-refractivity contribution in [3.05, 3.63) is 35.5 Å². The smallest absolute Gasteiger partial charge is 0.292 e. The van der Waals surface area contributed by atoms with E-state index in [1.807, 2.05) is 0 Å². The van der Waals surface area contributed by atoms with Gasteiger partial charge in [0, 0.05) is 25.4 Å². The highest BCUT2D eigenvalue weighted by Gasteiger charge is 2.25. The highest BCUT2D eigenvalue weighted by atomic mass is 16.4. The molecule has 0 spiro atoms. The molecule has 0 atom stereocenters. The molecule has 0 unspecified atom stereocenters. The van der Waals surface area contributed by atoms with Crippen molar-refractivity contribution in [3.63, 3.8) is 0 Å². The van der Waals surface area contributed by atoms with Gasteiger partial charge in [0.25, 0.3) is 11.9 Å². The Morgan fingerprint density at radius 2 is 2.47 bits per heavy atom. The summed E-state index contributed by atoms with van der Waals surface area (Å²) >= 11 is 0. The Balaban J connectivity index is 1.82. The Labute approximate surface area is 97.4 Å². The lowest BCUT2D eigenvalue weighted by Crippen LogP contribution is -2.35. The van der Waals surface area contributed by atoms with Gasteiger partial charge in [0.2, 0.25) is 0 Å². The second-order valence-electron chi connectivity index (χ2n) is 4.00. The summed E-state index contributed by atoms with van der Waals surface area (Å²) in [5.74, 6) is 0.791. The number of carbonyl (C=O) groups excluding carboxylic acids is 1. The van der Waals surface area contributed by atoms with Crippen molar-refractivity contribution in [3.8, 4) is 0 Å². The maximum absolute atomic E-state index is 12.1. The molecule has 1 amide bonds. The van der Waals surface area contributed by atoms with E-state index in [2.05, 4.69) is 9.97 Å². The van der Waals surface area contributed by atoms with E-state index in [4.69, 9.17) is 10.2 Å². The lowest BCUT2D eigenvalue weighted by atomic mass is 10.1. The van der Waals surface area contributed by atoms with Crippen molar-refractivity contribution in [1.29, 1.82) is 0 Å². The third-order valence-corrected chi connectivity index (χ3v) is 2.88. The standard InChI is InChI=1S/C11H12N4O2/c12-11-14-8-6-15(4-2-9(8)17-11)10(16)7-1-3-13-5-7/h1,3,5,13H,2,4,6H2,(H2,12,14). The summed E-state index contributed by atoms with van der Waals surface area (Å²) in [4.78, 5) is 20.8. The average molecular weight is 232 g/mol. The quantitative estimate of drug-likeness (QED) is 0.760. The van der Waals surface area contributed by atoms with Crippen molar-refractivity contribution < 1.29 is 9.21 Å². The molecule has 1 aliphatic heterocycles. The van der Waals surface area contributed by atoms with E-state index in [9.17, 15) is 4.79 Å². The Morgan fingerprint density at radius 1 is 1.59 bits per heavy atom. The molecule has 2 aromatic heterocycles. The van der Waals surface area contributed by atoms with Crippen LogP contribution < -0.4 is 5.73 Å². The van der Waals surface area contributed by atoms with Gasteiger partial charge in [0.15, 0.2) is 0 Å². The zero-order chi connectivity index (χ0) is 11.8. The number of nitrogens with zero attached hydrogens (tertiary/aromatic N) is 2. The minimum Gasteiger partial charge on any atom is -0.428 e. The van der Waals surface area contributed by atoms with Gasteiger partial charge in [-0.2, -0.15) is 4.98 Å². The van der Waals surface area contributed by atoms with Crippen LogP contribution in [0.25, 0.3) is 0 Å². The molecule has 0 saturated heterocycles. The molecule has 2 aromatic rings. The van der Waals surface area contributed by atoms with E-state index in [1.165, 1.54) is 0 Å². The SMILES string of the molecule is Nc1nc2c(o1)CCN(C(=O)c1cc[nH]c1)C2. The van der Waals surface area contributed by atoms with Crippen LogP contribution in [0.4, 0.5) is 6.01 Å². The highest BCUT2D eigenvalue weighted by Crippen LogP contribution is 2.21. The minimum atomic E-state index is -0.00142. The topological polar surface area (TPSA) is 88.2 Å². The first-order valence-electron chi connectivity index (χ1n) is 5.40. The number of anilines is 1. The number of aromatic nitrogens is 2. The fraction of sp³-hybridized carbons (Fsp3) is 0.273. The maximum atomic E-state index is 12.1. The predicted octanol–water partition coefficient (Wildman–Crippen LogP) is 0.783. The number of rotatable bonds is 1. The number of hydrogen-bond donors (Lipinski definition) is 2. The third-order valence-electron chi connectivity index (χ3n) is 2.88.